The summed E-state index contributed by atoms with van der Waals surface area (Å²) < 4.78 is 0. The molecule has 0 fully saturated rings. The number of nitrogens with one attached hydrogen (secondary N) is 1. The predicted octanol–water partition coefficient (Wildman–Crippen LogP) is 5.10. The van der Waals surface area contributed by atoms with Crippen LogP contribution in [0.4, 0.5) is 0 Å². The van der Waals surface area contributed by atoms with Gasteiger partial charge in [0, 0.05) is 16.8 Å². The molecular weight excluding hydrogens is 306 g/mol. The lowest BCUT2D eigenvalue weighted by Gasteiger charge is -2.19. The van der Waals surface area contributed by atoms with Crippen molar-refractivity contribution < 1.29 is 0 Å². The Morgan fingerprint density at radius 3 is 1.87 bits per heavy atom. The summed E-state index contributed by atoms with van der Waals surface area (Å²) in [6, 6.07) is 7.85. The Hall–Kier alpha value is -1.61. The van der Waals surface area contributed by atoms with Gasteiger partial charge in [-0.1, -0.05) is 51.4 Å². The third-order valence-electron chi connectivity index (χ3n) is 3.76. The normalized spacial score (nSPS) is 14.3. The van der Waals surface area contributed by atoms with Crippen LogP contribution < -0.4 is 16.8 Å². The second-order valence-corrected chi connectivity index (χ2v) is 6.13. The second-order valence-electron chi connectivity index (χ2n) is 5.69. The number of hydrogen-bond acceptors (Lipinski definition) is 3. The van der Waals surface area contributed by atoms with Crippen LogP contribution in [0.15, 0.2) is 46.9 Å². The van der Waals surface area contributed by atoms with E-state index in [0.717, 1.165) is 27.4 Å². The highest BCUT2D eigenvalue weighted by molar-refractivity contribution is 6.30. The van der Waals surface area contributed by atoms with E-state index in [9.17, 15) is 0 Å². The van der Waals surface area contributed by atoms with Gasteiger partial charge in [0.25, 0.3) is 0 Å². The molecule has 0 aliphatic carbocycles. The number of halogens is 1. The molecule has 1 aromatic rings. The molecule has 23 heavy (non-hydrogen) atoms. The van der Waals surface area contributed by atoms with Gasteiger partial charge in [-0.05, 0) is 55.5 Å². The first-order chi connectivity index (χ1) is 10.7. The van der Waals surface area contributed by atoms with Crippen LogP contribution >= 0.6 is 11.6 Å². The molecule has 0 aliphatic rings. The molecule has 0 bridgehead atoms. The van der Waals surface area contributed by atoms with E-state index in [1.165, 1.54) is 0 Å². The molecule has 1 unspecified atom stereocenters. The second kappa shape index (κ2) is 10.2. The van der Waals surface area contributed by atoms with Crippen molar-refractivity contribution in [2.24, 2.45) is 17.4 Å². The van der Waals surface area contributed by atoms with Gasteiger partial charge >= 0.3 is 0 Å². The Balaban J connectivity index is 0.00000232. The minimum absolute atomic E-state index is 0.102. The largest absolute Gasteiger partial charge is 0.402 e. The number of hydrogen-bond donors (Lipinski definition) is 3. The van der Waals surface area contributed by atoms with E-state index in [2.05, 4.69) is 26.1 Å². The smallest absolute Gasteiger partial charge is 0.0998 e. The quantitative estimate of drug-likeness (QED) is 0.655. The Bertz CT molecular complexity index is 542. The summed E-state index contributed by atoms with van der Waals surface area (Å²) in [5, 5.41) is 4.05. The van der Waals surface area contributed by atoms with Gasteiger partial charge < -0.3 is 16.8 Å². The fourth-order valence-electron chi connectivity index (χ4n) is 2.03. The number of rotatable bonds is 5. The molecule has 1 aromatic carbocycles. The number of benzene rings is 1. The fourth-order valence-corrected chi connectivity index (χ4v) is 2.15. The topological polar surface area (TPSA) is 64.1 Å². The van der Waals surface area contributed by atoms with Crippen molar-refractivity contribution in [2.45, 2.75) is 54.5 Å². The summed E-state index contributed by atoms with van der Waals surface area (Å²) in [4.78, 5) is 0. The average molecular weight is 338 g/mol. The van der Waals surface area contributed by atoms with E-state index in [1.807, 2.05) is 52.0 Å². The Labute approximate surface area is 146 Å². The zero-order valence-electron chi connectivity index (χ0n) is 15.5. The van der Waals surface area contributed by atoms with Crippen LogP contribution in [0.5, 0.6) is 0 Å². The van der Waals surface area contributed by atoms with Gasteiger partial charge in [-0.25, -0.2) is 0 Å². The van der Waals surface area contributed by atoms with E-state index in [0.29, 0.717) is 11.7 Å². The van der Waals surface area contributed by atoms with Crippen molar-refractivity contribution in [3.63, 3.8) is 0 Å². The zero-order chi connectivity index (χ0) is 18.2. The highest BCUT2D eigenvalue weighted by Gasteiger charge is 2.10. The van der Waals surface area contributed by atoms with Gasteiger partial charge in [-0.3, -0.25) is 0 Å². The summed E-state index contributed by atoms with van der Waals surface area (Å²) in [6.45, 7) is 14.2. The number of allylic oxidation sites excluding steroid dienone is 3. The van der Waals surface area contributed by atoms with Crippen LogP contribution in [0.2, 0.25) is 5.02 Å². The van der Waals surface area contributed by atoms with E-state index < -0.39 is 0 Å². The summed E-state index contributed by atoms with van der Waals surface area (Å²) in [5.74, 6) is 0.958. The monoisotopic (exact) mass is 337 g/mol. The highest BCUT2D eigenvalue weighted by Crippen LogP contribution is 2.20. The summed E-state index contributed by atoms with van der Waals surface area (Å²) in [6.07, 6.45) is 0. The van der Waals surface area contributed by atoms with Crippen molar-refractivity contribution >= 4 is 11.6 Å². The summed E-state index contributed by atoms with van der Waals surface area (Å²) in [7, 11) is 0. The lowest BCUT2D eigenvalue weighted by Crippen LogP contribution is -2.25. The summed E-state index contributed by atoms with van der Waals surface area (Å²) >= 11 is 5.90. The van der Waals surface area contributed by atoms with Crippen molar-refractivity contribution in [3.8, 4) is 0 Å². The van der Waals surface area contributed by atoms with E-state index >= 15 is 0 Å². The lowest BCUT2D eigenvalue weighted by molar-refractivity contribution is 0.641. The molecule has 1 atom stereocenters. The van der Waals surface area contributed by atoms with E-state index in [4.69, 9.17) is 23.1 Å². The molecule has 0 heterocycles. The molecule has 0 aliphatic heterocycles. The van der Waals surface area contributed by atoms with Crippen molar-refractivity contribution in [2.75, 3.05) is 0 Å². The SMILES string of the molecule is CC.CC(=C(/N)C(C)C)/C(C)=C(\N)NC(C)c1ccc(Cl)cc1. The van der Waals surface area contributed by atoms with Crippen LogP contribution in [-0.2, 0) is 0 Å². The molecule has 0 aromatic heterocycles. The minimum Gasteiger partial charge on any atom is -0.402 e. The van der Waals surface area contributed by atoms with Crippen molar-refractivity contribution in [1.29, 1.82) is 0 Å². The van der Waals surface area contributed by atoms with E-state index in [1.54, 1.807) is 0 Å². The van der Waals surface area contributed by atoms with Crippen LogP contribution in [0.3, 0.4) is 0 Å². The molecule has 0 saturated heterocycles. The maximum absolute atomic E-state index is 6.18. The Morgan fingerprint density at radius 1 is 0.957 bits per heavy atom. The van der Waals surface area contributed by atoms with Crippen molar-refractivity contribution in [3.05, 3.63) is 57.5 Å². The molecule has 3 nitrogen and oxygen atoms in total. The van der Waals surface area contributed by atoms with Crippen LogP contribution in [0.1, 0.15) is 60.1 Å². The average Bonchev–Trinajstić information content (AvgIpc) is 2.54. The molecule has 4 heteroatoms. The first kappa shape index (κ1) is 21.4. The van der Waals surface area contributed by atoms with Gasteiger partial charge in [0.1, 0.15) is 0 Å². The molecule has 0 saturated carbocycles. The van der Waals surface area contributed by atoms with Gasteiger partial charge in [-0.2, -0.15) is 0 Å². The molecule has 1 rings (SSSR count). The molecule has 0 spiro atoms. The maximum Gasteiger partial charge on any atom is 0.0998 e. The first-order valence-electron chi connectivity index (χ1n) is 8.19. The van der Waals surface area contributed by atoms with Gasteiger partial charge in [-0.15, -0.1) is 0 Å². The van der Waals surface area contributed by atoms with Gasteiger partial charge in [0.2, 0.25) is 0 Å². The third-order valence-corrected chi connectivity index (χ3v) is 4.02. The Morgan fingerprint density at radius 2 is 1.43 bits per heavy atom. The fraction of sp³-hybridized carbons (Fsp3) is 0.474. The van der Waals surface area contributed by atoms with Crippen LogP contribution in [0, 0.1) is 5.92 Å². The predicted molar refractivity (Wildman–Crippen MR) is 103 cm³/mol. The summed E-state index contributed by atoms with van der Waals surface area (Å²) in [5.41, 5.74) is 16.3. The minimum atomic E-state index is 0.102. The van der Waals surface area contributed by atoms with Crippen LogP contribution in [0.25, 0.3) is 0 Å². The highest BCUT2D eigenvalue weighted by atomic mass is 35.5. The maximum atomic E-state index is 6.18. The molecule has 0 amide bonds. The van der Waals surface area contributed by atoms with E-state index in [-0.39, 0.29) is 6.04 Å². The molecule has 130 valence electrons. The van der Waals surface area contributed by atoms with Gasteiger partial charge in [0.15, 0.2) is 0 Å². The Kier molecular flexibility index (Phi) is 9.50. The zero-order valence-corrected chi connectivity index (χ0v) is 16.3. The van der Waals surface area contributed by atoms with Crippen molar-refractivity contribution in [1.82, 2.24) is 5.32 Å². The molecule has 5 N–H and O–H groups in total. The number of nitrogens with two attached hydrogens (primary N) is 2. The third kappa shape index (κ3) is 6.57. The first-order valence-corrected chi connectivity index (χ1v) is 8.56. The standard InChI is InChI=1S/C17H26ClN3.C2H6/c1-10(2)16(19)11(3)12(4)17(20)21-13(5)14-6-8-15(18)9-7-14;1-2/h6-10,13,21H,19-20H2,1-5H3;1-2H3/b16-11-,17-12+;. The van der Waals surface area contributed by atoms with Crippen LogP contribution in [-0.4, -0.2) is 0 Å². The lowest BCUT2D eigenvalue weighted by atomic mass is 10.0. The molecular formula is C19H32ClN3. The molecule has 0 radical (unpaired) electrons. The van der Waals surface area contributed by atoms with Gasteiger partial charge in [0.05, 0.1) is 5.82 Å².